The average Bonchev–Trinajstić information content (AvgIpc) is 3.01. The van der Waals surface area contributed by atoms with Crippen molar-refractivity contribution in [1.29, 1.82) is 0 Å². The molecule has 3 N–H and O–H groups in total. The van der Waals surface area contributed by atoms with E-state index >= 15 is 0 Å². The molecule has 1 aliphatic heterocycles. The molecule has 124 valence electrons. The van der Waals surface area contributed by atoms with Crippen LogP contribution in [0, 0.1) is 0 Å². The van der Waals surface area contributed by atoms with Crippen molar-refractivity contribution in [3.8, 4) is 0 Å². The zero-order valence-corrected chi connectivity index (χ0v) is 12.7. The number of nitrogens with two attached hydrogens (primary N) is 1. The summed E-state index contributed by atoms with van der Waals surface area (Å²) in [6, 6.07) is 9.34. The Balaban J connectivity index is 2.05. The number of carboxylic acid groups (broad SMARTS) is 1. The highest BCUT2D eigenvalue weighted by molar-refractivity contribution is 5.83. The Morgan fingerprint density at radius 3 is 2.39 bits per heavy atom. The number of nitrogens with zero attached hydrogens (tertiary/aromatic N) is 1. The molecule has 1 fully saturated rings. The molecule has 0 unspecified atom stereocenters. The van der Waals surface area contributed by atoms with Gasteiger partial charge in [-0.2, -0.15) is 0 Å². The summed E-state index contributed by atoms with van der Waals surface area (Å²) in [5.74, 6) is -1.86. The highest BCUT2D eigenvalue weighted by Gasteiger charge is 2.36. The maximum Gasteiger partial charge on any atom is 0.332 e. The number of rotatable bonds is 7. The van der Waals surface area contributed by atoms with E-state index in [4.69, 9.17) is 15.6 Å². The Morgan fingerprint density at radius 2 is 1.83 bits per heavy atom. The first-order chi connectivity index (χ1) is 11.0. The van der Waals surface area contributed by atoms with Crippen LogP contribution in [0.5, 0.6) is 0 Å². The largest absolute Gasteiger partial charge is 0.479 e. The Bertz CT molecular complexity index is 575. The summed E-state index contributed by atoms with van der Waals surface area (Å²) in [4.78, 5) is 36.0. The number of hydrogen-bond acceptors (Lipinski definition) is 4. The van der Waals surface area contributed by atoms with Gasteiger partial charge in [0.15, 0.2) is 6.10 Å². The van der Waals surface area contributed by atoms with E-state index in [-0.39, 0.29) is 18.9 Å². The number of benzene rings is 1. The summed E-state index contributed by atoms with van der Waals surface area (Å²) >= 11 is 0. The van der Waals surface area contributed by atoms with Gasteiger partial charge < -0.3 is 20.5 Å². The van der Waals surface area contributed by atoms with Crippen LogP contribution in [-0.2, 0) is 25.7 Å². The highest BCUT2D eigenvalue weighted by atomic mass is 16.5. The Morgan fingerprint density at radius 1 is 1.17 bits per heavy atom. The zero-order valence-electron chi connectivity index (χ0n) is 12.7. The molecule has 1 aromatic rings. The first-order valence-corrected chi connectivity index (χ1v) is 7.46. The first-order valence-electron chi connectivity index (χ1n) is 7.46. The molecule has 0 bridgehead atoms. The fourth-order valence-electron chi connectivity index (χ4n) is 2.52. The van der Waals surface area contributed by atoms with E-state index in [1.807, 2.05) is 30.3 Å². The van der Waals surface area contributed by atoms with Crippen LogP contribution in [0.2, 0.25) is 0 Å². The molecular formula is C16H20N2O5. The van der Waals surface area contributed by atoms with Gasteiger partial charge in [0.05, 0.1) is 0 Å². The summed E-state index contributed by atoms with van der Waals surface area (Å²) in [7, 11) is 0. The molecule has 1 aliphatic rings. The predicted molar refractivity (Wildman–Crippen MR) is 81.2 cm³/mol. The molecule has 1 aromatic carbocycles. The maximum absolute atomic E-state index is 12.6. The van der Waals surface area contributed by atoms with E-state index in [1.165, 1.54) is 4.90 Å². The average molecular weight is 320 g/mol. The standard InChI is InChI=1S/C16H20N2O5/c17-14(19)8-9-18(10-11-4-2-1-3-5-11)15(20)12-6-7-13(23-12)16(21)22/h1-5,12-13H,6-10H2,(H2,17,19)(H,21,22)/t12-,13+/m0/s1. The first kappa shape index (κ1) is 17.0. The second-order valence-electron chi connectivity index (χ2n) is 5.49. The molecule has 2 rings (SSSR count). The third-order valence-corrected chi connectivity index (χ3v) is 3.73. The number of carboxylic acids is 1. The van der Waals surface area contributed by atoms with E-state index in [0.29, 0.717) is 19.4 Å². The number of aliphatic carboxylic acids is 1. The molecule has 0 radical (unpaired) electrons. The quantitative estimate of drug-likeness (QED) is 0.761. The van der Waals surface area contributed by atoms with E-state index in [1.54, 1.807) is 0 Å². The molecule has 0 aromatic heterocycles. The zero-order chi connectivity index (χ0) is 16.8. The molecular weight excluding hydrogens is 300 g/mol. The topological polar surface area (TPSA) is 110 Å². The van der Waals surface area contributed by atoms with Crippen molar-refractivity contribution >= 4 is 17.8 Å². The minimum Gasteiger partial charge on any atom is -0.479 e. The lowest BCUT2D eigenvalue weighted by atomic mass is 10.1. The smallest absolute Gasteiger partial charge is 0.332 e. The van der Waals surface area contributed by atoms with Gasteiger partial charge in [-0.1, -0.05) is 30.3 Å². The summed E-state index contributed by atoms with van der Waals surface area (Å²) < 4.78 is 5.30. The summed E-state index contributed by atoms with van der Waals surface area (Å²) in [6.45, 7) is 0.505. The van der Waals surface area contributed by atoms with Crippen LogP contribution in [0.25, 0.3) is 0 Å². The molecule has 2 amide bonds. The monoisotopic (exact) mass is 320 g/mol. The molecule has 7 heteroatoms. The van der Waals surface area contributed by atoms with Gasteiger partial charge in [-0.05, 0) is 18.4 Å². The SMILES string of the molecule is NC(=O)CCN(Cc1ccccc1)C(=O)[C@@H]1CC[C@H](C(=O)O)O1. The van der Waals surface area contributed by atoms with Crippen molar-refractivity contribution in [3.05, 3.63) is 35.9 Å². The lowest BCUT2D eigenvalue weighted by Gasteiger charge is -2.25. The van der Waals surface area contributed by atoms with Gasteiger partial charge in [0.1, 0.15) is 6.10 Å². The fraction of sp³-hybridized carbons (Fsp3) is 0.438. The van der Waals surface area contributed by atoms with E-state index in [2.05, 4.69) is 0 Å². The van der Waals surface area contributed by atoms with Gasteiger partial charge in [0.2, 0.25) is 5.91 Å². The minimum absolute atomic E-state index is 0.0493. The van der Waals surface area contributed by atoms with E-state index in [9.17, 15) is 14.4 Å². The molecule has 0 saturated carbocycles. The lowest BCUT2D eigenvalue weighted by Crippen LogP contribution is -2.40. The molecule has 1 heterocycles. The van der Waals surface area contributed by atoms with Crippen molar-refractivity contribution in [2.75, 3.05) is 6.54 Å². The van der Waals surface area contributed by atoms with Crippen LogP contribution < -0.4 is 5.73 Å². The van der Waals surface area contributed by atoms with Gasteiger partial charge in [0, 0.05) is 19.5 Å². The summed E-state index contributed by atoms with van der Waals surface area (Å²) in [6.07, 6.45) is -1.02. The van der Waals surface area contributed by atoms with Gasteiger partial charge in [-0.15, -0.1) is 0 Å². The Hall–Kier alpha value is -2.41. The van der Waals surface area contributed by atoms with Crippen molar-refractivity contribution in [2.45, 2.75) is 38.0 Å². The number of primary amides is 1. The van der Waals surface area contributed by atoms with Crippen LogP contribution in [0.4, 0.5) is 0 Å². The van der Waals surface area contributed by atoms with Crippen molar-refractivity contribution < 1.29 is 24.2 Å². The van der Waals surface area contributed by atoms with E-state index in [0.717, 1.165) is 5.56 Å². The van der Waals surface area contributed by atoms with Crippen LogP contribution in [0.15, 0.2) is 30.3 Å². The third kappa shape index (κ3) is 4.79. The van der Waals surface area contributed by atoms with Crippen molar-refractivity contribution in [3.63, 3.8) is 0 Å². The van der Waals surface area contributed by atoms with E-state index < -0.39 is 24.1 Å². The van der Waals surface area contributed by atoms with Gasteiger partial charge >= 0.3 is 5.97 Å². The number of ether oxygens (including phenoxy) is 1. The lowest BCUT2D eigenvalue weighted by molar-refractivity contribution is -0.155. The molecule has 7 nitrogen and oxygen atoms in total. The molecule has 1 saturated heterocycles. The summed E-state index contributed by atoms with van der Waals surface area (Å²) in [5.41, 5.74) is 6.08. The number of hydrogen-bond donors (Lipinski definition) is 2. The number of amides is 2. The van der Waals surface area contributed by atoms with Crippen LogP contribution in [0.3, 0.4) is 0 Å². The van der Waals surface area contributed by atoms with Crippen LogP contribution in [-0.4, -0.2) is 46.5 Å². The van der Waals surface area contributed by atoms with Crippen LogP contribution in [0.1, 0.15) is 24.8 Å². The summed E-state index contributed by atoms with van der Waals surface area (Å²) in [5, 5.41) is 8.95. The van der Waals surface area contributed by atoms with Gasteiger partial charge in [-0.3, -0.25) is 9.59 Å². The van der Waals surface area contributed by atoms with Gasteiger partial charge in [-0.25, -0.2) is 4.79 Å². The molecule has 23 heavy (non-hydrogen) atoms. The maximum atomic E-state index is 12.6. The fourth-order valence-corrected chi connectivity index (χ4v) is 2.52. The molecule has 2 atom stereocenters. The predicted octanol–water partition coefficient (Wildman–Crippen LogP) is 0.523. The van der Waals surface area contributed by atoms with Gasteiger partial charge in [0.25, 0.3) is 5.91 Å². The second kappa shape index (κ2) is 7.73. The molecule has 0 spiro atoms. The normalized spacial score (nSPS) is 20.2. The third-order valence-electron chi connectivity index (χ3n) is 3.73. The number of carbonyl (C=O) groups is 3. The minimum atomic E-state index is -1.06. The van der Waals surface area contributed by atoms with Crippen molar-refractivity contribution in [1.82, 2.24) is 4.90 Å². The highest BCUT2D eigenvalue weighted by Crippen LogP contribution is 2.22. The number of carbonyl (C=O) groups excluding carboxylic acids is 2. The Labute approximate surface area is 134 Å². The van der Waals surface area contributed by atoms with Crippen molar-refractivity contribution in [2.24, 2.45) is 5.73 Å². The van der Waals surface area contributed by atoms with Crippen LogP contribution >= 0.6 is 0 Å². The molecule has 0 aliphatic carbocycles. The Kier molecular flexibility index (Phi) is 5.70. The second-order valence-corrected chi connectivity index (χ2v) is 5.49.